The lowest BCUT2D eigenvalue weighted by Gasteiger charge is -2.29. The summed E-state index contributed by atoms with van der Waals surface area (Å²) >= 11 is 0. The second-order valence-electron chi connectivity index (χ2n) is 7.30. The van der Waals surface area contributed by atoms with Crippen LogP contribution < -0.4 is 5.32 Å². The lowest BCUT2D eigenvalue weighted by atomic mass is 10.00. The van der Waals surface area contributed by atoms with Gasteiger partial charge in [-0.25, -0.2) is 4.79 Å². The van der Waals surface area contributed by atoms with Crippen molar-refractivity contribution in [2.24, 2.45) is 5.92 Å². The second kappa shape index (κ2) is 9.36. The van der Waals surface area contributed by atoms with E-state index in [9.17, 15) is 4.79 Å². The number of nitrogens with zero attached hydrogens (tertiary/aromatic N) is 1. The third kappa shape index (κ3) is 6.97. The first-order valence-electron chi connectivity index (χ1n) is 8.68. The molecule has 1 rings (SSSR count). The average Bonchev–Trinajstić information content (AvgIpc) is 2.86. The predicted octanol–water partition coefficient (Wildman–Crippen LogP) is 2.77. The summed E-state index contributed by atoms with van der Waals surface area (Å²) in [5.74, 6) is 0.520. The molecule has 0 aromatic carbocycles. The molecule has 22 heavy (non-hydrogen) atoms. The molecule has 0 radical (unpaired) electrons. The van der Waals surface area contributed by atoms with E-state index in [0.29, 0.717) is 5.92 Å². The number of hydrogen-bond donors (Lipinski definition) is 2. The van der Waals surface area contributed by atoms with Crippen molar-refractivity contribution in [3.63, 3.8) is 0 Å². The summed E-state index contributed by atoms with van der Waals surface area (Å²) in [6, 6.07) is 0.228. The number of likely N-dealkylation sites (tertiary alicyclic amines) is 1. The minimum absolute atomic E-state index is 0.197. The summed E-state index contributed by atoms with van der Waals surface area (Å²) in [4.78, 5) is 14.1. The Labute approximate surface area is 135 Å². The fourth-order valence-corrected chi connectivity index (χ4v) is 3.00. The number of ether oxygens (including phenoxy) is 1. The smallest absolute Gasteiger partial charge is 0.410 e. The first-order chi connectivity index (χ1) is 10.4. The summed E-state index contributed by atoms with van der Waals surface area (Å²) < 4.78 is 5.48. The van der Waals surface area contributed by atoms with Crippen LogP contribution in [0, 0.1) is 5.92 Å². The molecule has 0 bridgehead atoms. The molecule has 0 saturated carbocycles. The van der Waals surface area contributed by atoms with Gasteiger partial charge in [0.15, 0.2) is 0 Å². The minimum atomic E-state index is -0.439. The topological polar surface area (TPSA) is 61.8 Å². The van der Waals surface area contributed by atoms with Gasteiger partial charge in [0.2, 0.25) is 0 Å². The van der Waals surface area contributed by atoms with Gasteiger partial charge in [-0.1, -0.05) is 13.3 Å². The Morgan fingerprint density at radius 1 is 1.41 bits per heavy atom. The summed E-state index contributed by atoms with van der Waals surface area (Å²) in [5, 5.41) is 12.6. The van der Waals surface area contributed by atoms with E-state index in [2.05, 4.69) is 12.2 Å². The van der Waals surface area contributed by atoms with E-state index in [1.54, 1.807) is 0 Å². The minimum Gasteiger partial charge on any atom is -0.444 e. The maximum absolute atomic E-state index is 12.2. The van der Waals surface area contributed by atoms with Gasteiger partial charge >= 0.3 is 6.09 Å². The fraction of sp³-hybridized carbons (Fsp3) is 0.941. The van der Waals surface area contributed by atoms with Crippen LogP contribution >= 0.6 is 0 Å². The number of amides is 1. The molecule has 0 aliphatic carbocycles. The van der Waals surface area contributed by atoms with E-state index in [-0.39, 0.29) is 18.7 Å². The Kier molecular flexibility index (Phi) is 8.18. The van der Waals surface area contributed by atoms with Crippen LogP contribution in [0.3, 0.4) is 0 Å². The number of hydrogen-bond acceptors (Lipinski definition) is 4. The van der Waals surface area contributed by atoms with E-state index in [0.717, 1.165) is 51.7 Å². The van der Waals surface area contributed by atoms with Crippen molar-refractivity contribution in [1.82, 2.24) is 10.2 Å². The van der Waals surface area contributed by atoms with Crippen molar-refractivity contribution in [1.29, 1.82) is 0 Å². The zero-order valence-electron chi connectivity index (χ0n) is 14.7. The van der Waals surface area contributed by atoms with Crippen LogP contribution in [0.1, 0.15) is 59.8 Å². The summed E-state index contributed by atoms with van der Waals surface area (Å²) in [6.45, 7) is 10.6. The number of rotatable bonds is 8. The molecule has 1 aliphatic rings. The number of nitrogens with one attached hydrogen (secondary N) is 1. The van der Waals surface area contributed by atoms with E-state index in [1.165, 1.54) is 0 Å². The monoisotopic (exact) mass is 314 g/mol. The van der Waals surface area contributed by atoms with E-state index < -0.39 is 5.60 Å². The van der Waals surface area contributed by atoms with Gasteiger partial charge in [0, 0.05) is 25.7 Å². The maximum Gasteiger partial charge on any atom is 0.410 e. The average molecular weight is 314 g/mol. The highest BCUT2D eigenvalue weighted by Gasteiger charge is 2.31. The molecular formula is C17H34N2O3. The molecule has 2 atom stereocenters. The Balaban J connectivity index is 2.39. The van der Waals surface area contributed by atoms with Crippen molar-refractivity contribution in [2.45, 2.75) is 71.4 Å². The zero-order chi connectivity index (χ0) is 16.6. The van der Waals surface area contributed by atoms with Crippen LogP contribution in [0.25, 0.3) is 0 Å². The molecule has 2 unspecified atom stereocenters. The molecule has 0 aromatic heterocycles. The van der Waals surface area contributed by atoms with Gasteiger partial charge < -0.3 is 20.1 Å². The van der Waals surface area contributed by atoms with Crippen LogP contribution in [0.4, 0.5) is 4.79 Å². The van der Waals surface area contributed by atoms with Gasteiger partial charge in [0.05, 0.1) is 0 Å². The van der Waals surface area contributed by atoms with Crippen molar-refractivity contribution in [3.8, 4) is 0 Å². The molecule has 1 amide bonds. The summed E-state index contributed by atoms with van der Waals surface area (Å²) in [6.07, 6.45) is 5.00. The number of aliphatic hydroxyl groups is 1. The molecule has 5 nitrogen and oxygen atoms in total. The normalized spacial score (nSPS) is 20.2. The quantitative estimate of drug-likeness (QED) is 0.723. The van der Waals surface area contributed by atoms with Crippen molar-refractivity contribution in [2.75, 3.05) is 26.2 Å². The molecule has 130 valence electrons. The van der Waals surface area contributed by atoms with Crippen molar-refractivity contribution >= 4 is 6.09 Å². The van der Waals surface area contributed by atoms with Crippen molar-refractivity contribution in [3.05, 3.63) is 0 Å². The Morgan fingerprint density at radius 2 is 2.14 bits per heavy atom. The van der Waals surface area contributed by atoms with Gasteiger partial charge in [-0.2, -0.15) is 0 Å². The first-order valence-corrected chi connectivity index (χ1v) is 8.68. The van der Waals surface area contributed by atoms with Gasteiger partial charge in [-0.3, -0.25) is 0 Å². The molecule has 0 spiro atoms. The van der Waals surface area contributed by atoms with E-state index in [4.69, 9.17) is 9.84 Å². The van der Waals surface area contributed by atoms with Gasteiger partial charge in [0.1, 0.15) is 5.60 Å². The Hall–Kier alpha value is -0.810. The van der Waals surface area contributed by atoms with Gasteiger partial charge in [0.25, 0.3) is 0 Å². The van der Waals surface area contributed by atoms with Gasteiger partial charge in [-0.15, -0.1) is 0 Å². The summed E-state index contributed by atoms with van der Waals surface area (Å²) in [7, 11) is 0. The zero-order valence-corrected chi connectivity index (χ0v) is 14.7. The highest BCUT2D eigenvalue weighted by atomic mass is 16.6. The Bertz CT molecular complexity index is 322. The first kappa shape index (κ1) is 19.2. The molecule has 1 heterocycles. The van der Waals surface area contributed by atoms with Gasteiger partial charge in [-0.05, 0) is 58.9 Å². The number of aliphatic hydroxyl groups excluding tert-OH is 1. The van der Waals surface area contributed by atoms with E-state index >= 15 is 0 Å². The number of carbonyl (C=O) groups is 1. The lowest BCUT2D eigenvalue weighted by Crippen LogP contribution is -2.44. The third-order valence-corrected chi connectivity index (χ3v) is 4.05. The maximum atomic E-state index is 12.2. The third-order valence-electron chi connectivity index (χ3n) is 4.05. The molecular weight excluding hydrogens is 280 g/mol. The van der Waals surface area contributed by atoms with Crippen LogP contribution in [0.15, 0.2) is 0 Å². The highest BCUT2D eigenvalue weighted by Crippen LogP contribution is 2.20. The summed E-state index contributed by atoms with van der Waals surface area (Å²) in [5.41, 5.74) is -0.439. The number of carbonyl (C=O) groups excluding carboxylic acids is 1. The van der Waals surface area contributed by atoms with E-state index in [1.807, 2.05) is 25.7 Å². The molecule has 2 N–H and O–H groups in total. The van der Waals surface area contributed by atoms with Crippen LogP contribution in [0.2, 0.25) is 0 Å². The SMILES string of the molecule is CCCC(CCO)CNCC1CCCN1C(=O)OC(C)(C)C. The van der Waals surface area contributed by atoms with Crippen LogP contribution in [-0.4, -0.2) is 54.0 Å². The Morgan fingerprint density at radius 3 is 2.73 bits per heavy atom. The second-order valence-corrected chi connectivity index (χ2v) is 7.30. The molecule has 1 fully saturated rings. The standard InChI is InChI=1S/C17H34N2O3/c1-5-7-14(9-11-20)12-18-13-15-8-6-10-19(15)16(21)22-17(2,3)4/h14-15,18,20H,5-13H2,1-4H3. The fourth-order valence-electron chi connectivity index (χ4n) is 3.00. The lowest BCUT2D eigenvalue weighted by molar-refractivity contribution is 0.0226. The molecule has 1 aliphatic heterocycles. The molecule has 5 heteroatoms. The largest absolute Gasteiger partial charge is 0.444 e. The van der Waals surface area contributed by atoms with Crippen molar-refractivity contribution < 1.29 is 14.6 Å². The molecule has 0 aromatic rings. The highest BCUT2D eigenvalue weighted by molar-refractivity contribution is 5.69. The van der Waals surface area contributed by atoms with Crippen LogP contribution in [-0.2, 0) is 4.74 Å². The molecule has 1 saturated heterocycles. The predicted molar refractivity (Wildman–Crippen MR) is 88.9 cm³/mol. The van der Waals surface area contributed by atoms with Crippen LogP contribution in [0.5, 0.6) is 0 Å².